The van der Waals surface area contributed by atoms with Gasteiger partial charge in [0, 0.05) is 30.7 Å². The van der Waals surface area contributed by atoms with Gasteiger partial charge in [-0.3, -0.25) is 9.59 Å². The third kappa shape index (κ3) is 3.76. The largest absolute Gasteiger partial charge is 0.507 e. The fourth-order valence-corrected chi connectivity index (χ4v) is 5.02. The van der Waals surface area contributed by atoms with Crippen molar-refractivity contribution in [2.45, 2.75) is 44.4 Å². The first-order valence-electron chi connectivity index (χ1n) is 11.3. The number of fused-ring (bicyclic) bond motifs is 1. The molecule has 0 saturated carbocycles. The molecular weight excluding hydrogens is 422 g/mol. The van der Waals surface area contributed by atoms with Crippen LogP contribution in [0.4, 0.5) is 0 Å². The van der Waals surface area contributed by atoms with E-state index in [-0.39, 0.29) is 30.1 Å². The lowest BCUT2D eigenvalue weighted by molar-refractivity contribution is -0.140. The minimum atomic E-state index is -0.770. The van der Waals surface area contributed by atoms with Crippen LogP contribution in [0, 0.1) is 0 Å². The third-order valence-electron chi connectivity index (χ3n) is 6.57. The second-order valence-corrected chi connectivity index (χ2v) is 8.78. The Balaban J connectivity index is 1.63. The maximum atomic E-state index is 13.3. The molecule has 0 aliphatic carbocycles. The SMILES string of the molecule is COc1ccccc1C1C(=C(O)c2ccc3c(c2)CC(C)O3)C(=O)C(=O)N1CC1CCCO1. The van der Waals surface area contributed by atoms with Gasteiger partial charge in [-0.1, -0.05) is 18.2 Å². The third-order valence-corrected chi connectivity index (χ3v) is 6.57. The highest BCUT2D eigenvalue weighted by atomic mass is 16.5. The highest BCUT2D eigenvalue weighted by Crippen LogP contribution is 2.43. The Bertz CT molecular complexity index is 1130. The van der Waals surface area contributed by atoms with Gasteiger partial charge in [0.25, 0.3) is 11.7 Å². The van der Waals surface area contributed by atoms with Crippen LogP contribution in [-0.2, 0) is 20.7 Å². The van der Waals surface area contributed by atoms with Gasteiger partial charge in [-0.05, 0) is 49.6 Å². The zero-order valence-corrected chi connectivity index (χ0v) is 18.7. The van der Waals surface area contributed by atoms with E-state index < -0.39 is 17.7 Å². The first-order chi connectivity index (χ1) is 16.0. The van der Waals surface area contributed by atoms with Gasteiger partial charge >= 0.3 is 0 Å². The van der Waals surface area contributed by atoms with Gasteiger partial charge in [0.05, 0.1) is 24.8 Å². The lowest BCUT2D eigenvalue weighted by Crippen LogP contribution is -2.36. The van der Waals surface area contributed by atoms with Gasteiger partial charge in [-0.25, -0.2) is 0 Å². The van der Waals surface area contributed by atoms with Crippen LogP contribution < -0.4 is 9.47 Å². The molecule has 7 nitrogen and oxygen atoms in total. The standard InChI is InChI=1S/C26H27NO6/c1-15-12-17-13-16(9-10-20(17)33-15)24(28)22-23(19-7-3-4-8-21(19)31-2)27(26(30)25(22)29)14-18-6-5-11-32-18/h3-4,7-10,13,15,18,23,28H,5-6,11-12,14H2,1-2H3. The molecule has 3 atom stereocenters. The predicted molar refractivity (Wildman–Crippen MR) is 121 cm³/mol. The van der Waals surface area contributed by atoms with Crippen molar-refractivity contribution in [2.24, 2.45) is 0 Å². The molecule has 7 heteroatoms. The van der Waals surface area contributed by atoms with E-state index in [1.807, 2.05) is 31.2 Å². The Labute approximate surface area is 192 Å². The molecule has 3 unspecified atom stereocenters. The molecule has 3 aliphatic heterocycles. The number of amides is 1. The average Bonchev–Trinajstić information content (AvgIpc) is 3.52. The van der Waals surface area contributed by atoms with Crippen LogP contribution in [0.1, 0.15) is 42.5 Å². The van der Waals surface area contributed by atoms with Crippen molar-refractivity contribution in [1.82, 2.24) is 4.90 Å². The zero-order chi connectivity index (χ0) is 23.1. The molecule has 0 spiro atoms. The van der Waals surface area contributed by atoms with Crippen LogP contribution in [-0.4, -0.2) is 54.2 Å². The number of nitrogens with zero attached hydrogens (tertiary/aromatic N) is 1. The van der Waals surface area contributed by atoms with Gasteiger partial charge in [-0.15, -0.1) is 0 Å². The summed E-state index contributed by atoms with van der Waals surface area (Å²) in [6.07, 6.45) is 2.38. The topological polar surface area (TPSA) is 85.3 Å². The normalized spacial score (nSPS) is 25.9. The molecule has 2 saturated heterocycles. The molecule has 172 valence electrons. The Hall–Kier alpha value is -3.32. The second kappa shape index (κ2) is 8.56. The predicted octanol–water partition coefficient (Wildman–Crippen LogP) is 3.62. The van der Waals surface area contributed by atoms with E-state index in [0.717, 1.165) is 30.6 Å². The number of para-hydroxylation sites is 1. The second-order valence-electron chi connectivity index (χ2n) is 8.78. The van der Waals surface area contributed by atoms with Crippen molar-refractivity contribution in [3.63, 3.8) is 0 Å². The van der Waals surface area contributed by atoms with Crippen LogP contribution in [0.3, 0.4) is 0 Å². The number of aliphatic hydroxyl groups excluding tert-OH is 1. The van der Waals surface area contributed by atoms with Gasteiger partial charge < -0.3 is 24.2 Å². The number of aliphatic hydroxyl groups is 1. The molecule has 0 aromatic heterocycles. The van der Waals surface area contributed by atoms with E-state index in [1.165, 1.54) is 4.90 Å². The summed E-state index contributed by atoms with van der Waals surface area (Å²) >= 11 is 0. The average molecular weight is 450 g/mol. The Morgan fingerprint density at radius 3 is 2.79 bits per heavy atom. The lowest BCUT2D eigenvalue weighted by atomic mass is 9.93. The van der Waals surface area contributed by atoms with Gasteiger partial charge in [-0.2, -0.15) is 0 Å². The number of likely N-dealkylation sites (tertiary alicyclic amines) is 1. The first kappa shape index (κ1) is 21.5. The van der Waals surface area contributed by atoms with E-state index >= 15 is 0 Å². The van der Waals surface area contributed by atoms with E-state index in [4.69, 9.17) is 14.2 Å². The van der Waals surface area contributed by atoms with Crippen molar-refractivity contribution < 1.29 is 28.9 Å². The Kier molecular flexibility index (Phi) is 5.58. The minimum Gasteiger partial charge on any atom is -0.507 e. The van der Waals surface area contributed by atoms with E-state index in [0.29, 0.717) is 23.5 Å². The molecule has 2 aromatic rings. The van der Waals surface area contributed by atoms with Crippen molar-refractivity contribution in [2.75, 3.05) is 20.3 Å². The van der Waals surface area contributed by atoms with Crippen LogP contribution in [0.2, 0.25) is 0 Å². The Morgan fingerprint density at radius 2 is 2.03 bits per heavy atom. The van der Waals surface area contributed by atoms with Crippen molar-refractivity contribution in [1.29, 1.82) is 0 Å². The van der Waals surface area contributed by atoms with Crippen molar-refractivity contribution in [3.8, 4) is 11.5 Å². The van der Waals surface area contributed by atoms with Crippen LogP contribution >= 0.6 is 0 Å². The molecule has 2 aromatic carbocycles. The molecule has 3 heterocycles. The number of Topliss-reactive ketones (excluding diaryl/α,β-unsaturated/α-hetero) is 1. The number of hydrogen-bond acceptors (Lipinski definition) is 6. The van der Waals surface area contributed by atoms with Crippen LogP contribution in [0.15, 0.2) is 48.0 Å². The fraction of sp³-hybridized carbons (Fsp3) is 0.385. The van der Waals surface area contributed by atoms with Crippen molar-refractivity contribution in [3.05, 3.63) is 64.7 Å². The number of benzene rings is 2. The van der Waals surface area contributed by atoms with E-state index in [2.05, 4.69) is 0 Å². The molecule has 0 bridgehead atoms. The number of hydrogen-bond donors (Lipinski definition) is 1. The summed E-state index contributed by atoms with van der Waals surface area (Å²) in [5.41, 5.74) is 2.17. The van der Waals surface area contributed by atoms with Crippen LogP contribution in [0.5, 0.6) is 11.5 Å². The number of ether oxygens (including phenoxy) is 3. The summed E-state index contributed by atoms with van der Waals surface area (Å²) < 4.78 is 17.1. The van der Waals surface area contributed by atoms with E-state index in [1.54, 1.807) is 25.3 Å². The Morgan fingerprint density at radius 1 is 1.21 bits per heavy atom. The first-order valence-corrected chi connectivity index (χ1v) is 11.3. The maximum Gasteiger partial charge on any atom is 0.295 e. The summed E-state index contributed by atoms with van der Waals surface area (Å²) in [4.78, 5) is 27.9. The highest BCUT2D eigenvalue weighted by Gasteiger charge is 2.48. The smallest absolute Gasteiger partial charge is 0.295 e. The van der Waals surface area contributed by atoms with Gasteiger partial charge in [0.15, 0.2) is 0 Å². The number of rotatable bonds is 5. The van der Waals surface area contributed by atoms with E-state index in [9.17, 15) is 14.7 Å². The maximum absolute atomic E-state index is 13.3. The monoisotopic (exact) mass is 449 g/mol. The quantitative estimate of drug-likeness (QED) is 0.426. The molecule has 1 N–H and O–H groups in total. The molecule has 1 amide bonds. The number of ketones is 1. The zero-order valence-electron chi connectivity index (χ0n) is 18.7. The van der Waals surface area contributed by atoms with Gasteiger partial charge in [0.2, 0.25) is 0 Å². The summed E-state index contributed by atoms with van der Waals surface area (Å²) in [6, 6.07) is 11.9. The van der Waals surface area contributed by atoms with Gasteiger partial charge in [0.1, 0.15) is 23.4 Å². The molecular formula is C26H27NO6. The fourth-order valence-electron chi connectivity index (χ4n) is 5.02. The minimum absolute atomic E-state index is 0.0583. The number of methoxy groups -OCH3 is 1. The molecule has 3 aliphatic rings. The molecule has 5 rings (SSSR count). The molecule has 0 radical (unpaired) electrons. The molecule has 2 fully saturated rings. The number of carbonyl (C=O) groups is 2. The summed E-state index contributed by atoms with van der Waals surface area (Å²) in [7, 11) is 1.55. The summed E-state index contributed by atoms with van der Waals surface area (Å²) in [6.45, 7) is 2.90. The summed E-state index contributed by atoms with van der Waals surface area (Å²) in [5, 5.41) is 11.3. The van der Waals surface area contributed by atoms with Crippen molar-refractivity contribution >= 4 is 17.4 Å². The lowest BCUT2D eigenvalue weighted by Gasteiger charge is -2.28. The number of carbonyl (C=O) groups excluding carboxylic acids is 2. The highest BCUT2D eigenvalue weighted by molar-refractivity contribution is 6.46. The van der Waals surface area contributed by atoms with Crippen LogP contribution in [0.25, 0.3) is 5.76 Å². The summed E-state index contributed by atoms with van der Waals surface area (Å²) in [5.74, 6) is -0.211. The molecule has 33 heavy (non-hydrogen) atoms.